The van der Waals surface area contributed by atoms with Crippen LogP contribution in [0.15, 0.2) is 49.0 Å². The molecule has 6 nitrogen and oxygen atoms in total. The molecule has 6 heteroatoms. The van der Waals surface area contributed by atoms with Crippen LogP contribution in [0.25, 0.3) is 6.08 Å². The standard InChI is InChI=1S/C24H27NO5/c1-3-18-9-4-5-12-22(18)29-16-19-10-6-7-14-25(19)24(27)20-11-8-13-23(21(20)15-26)30-17-28-2/h3-5,8-9,11-13,15,19H,1,6-7,10,14,16-17H2,2H3/t19-/m0/s1. The number of methoxy groups -OCH3 is 1. The Kier molecular flexibility index (Phi) is 7.63. The molecule has 1 atom stereocenters. The van der Waals surface area contributed by atoms with E-state index in [1.807, 2.05) is 29.2 Å². The van der Waals surface area contributed by atoms with Gasteiger partial charge in [0.25, 0.3) is 5.91 Å². The van der Waals surface area contributed by atoms with Gasteiger partial charge in [0.05, 0.1) is 17.2 Å². The van der Waals surface area contributed by atoms with Crippen molar-refractivity contribution in [1.29, 1.82) is 0 Å². The van der Waals surface area contributed by atoms with Crippen molar-refractivity contribution in [3.05, 3.63) is 65.7 Å². The fourth-order valence-corrected chi connectivity index (χ4v) is 3.66. The highest BCUT2D eigenvalue weighted by atomic mass is 16.7. The monoisotopic (exact) mass is 409 g/mol. The lowest BCUT2D eigenvalue weighted by atomic mass is 9.99. The summed E-state index contributed by atoms with van der Waals surface area (Å²) in [5, 5.41) is 0. The number of carbonyl (C=O) groups excluding carboxylic acids is 2. The van der Waals surface area contributed by atoms with E-state index >= 15 is 0 Å². The van der Waals surface area contributed by atoms with Crippen LogP contribution >= 0.6 is 0 Å². The first-order chi connectivity index (χ1) is 14.7. The largest absolute Gasteiger partial charge is 0.491 e. The first-order valence-corrected chi connectivity index (χ1v) is 10.0. The minimum Gasteiger partial charge on any atom is -0.491 e. The molecule has 1 aliphatic heterocycles. The molecule has 30 heavy (non-hydrogen) atoms. The van der Waals surface area contributed by atoms with E-state index in [2.05, 4.69) is 6.58 Å². The molecule has 0 N–H and O–H groups in total. The van der Waals surface area contributed by atoms with Crippen LogP contribution in [-0.4, -0.2) is 50.2 Å². The van der Waals surface area contributed by atoms with E-state index in [9.17, 15) is 9.59 Å². The maximum absolute atomic E-state index is 13.4. The minimum absolute atomic E-state index is 0.00136. The quantitative estimate of drug-likeness (QED) is 0.459. The fraction of sp³-hybridized carbons (Fsp3) is 0.333. The van der Waals surface area contributed by atoms with Crippen LogP contribution in [0.5, 0.6) is 11.5 Å². The van der Waals surface area contributed by atoms with Crippen molar-refractivity contribution in [2.75, 3.05) is 27.1 Å². The molecule has 3 rings (SSSR count). The third kappa shape index (κ3) is 4.89. The Morgan fingerprint density at radius 3 is 2.70 bits per heavy atom. The molecule has 1 aliphatic rings. The van der Waals surface area contributed by atoms with Crippen LogP contribution in [0, 0.1) is 0 Å². The molecule has 0 unspecified atom stereocenters. The Balaban J connectivity index is 1.79. The molecule has 0 spiro atoms. The number of amides is 1. The number of para-hydroxylation sites is 1. The first kappa shape index (κ1) is 21.6. The molecular weight excluding hydrogens is 382 g/mol. The normalized spacial score (nSPS) is 16.0. The van der Waals surface area contributed by atoms with Crippen LogP contribution < -0.4 is 9.47 Å². The molecule has 0 saturated carbocycles. The van der Waals surface area contributed by atoms with Crippen molar-refractivity contribution in [2.45, 2.75) is 25.3 Å². The SMILES string of the molecule is C=Cc1ccccc1OC[C@@H]1CCCCN1C(=O)c1cccc(OCOC)c1C=O. The first-order valence-electron chi connectivity index (χ1n) is 10.0. The Bertz CT molecular complexity index is 895. The highest BCUT2D eigenvalue weighted by Gasteiger charge is 2.30. The molecular formula is C24H27NO5. The molecule has 0 aromatic heterocycles. The highest BCUT2D eigenvalue weighted by molar-refractivity contribution is 6.03. The number of hydrogen-bond acceptors (Lipinski definition) is 5. The molecule has 0 aliphatic carbocycles. The van der Waals surface area contributed by atoms with Crippen molar-refractivity contribution < 1.29 is 23.8 Å². The molecule has 1 heterocycles. The molecule has 1 amide bonds. The molecule has 158 valence electrons. The van der Waals surface area contributed by atoms with Gasteiger partial charge in [0.1, 0.15) is 18.1 Å². The molecule has 0 radical (unpaired) electrons. The second-order valence-corrected chi connectivity index (χ2v) is 7.09. The summed E-state index contributed by atoms with van der Waals surface area (Å²) in [6, 6.07) is 12.6. The number of aldehydes is 1. The minimum atomic E-state index is -0.190. The van der Waals surface area contributed by atoms with Gasteiger partial charge in [-0.2, -0.15) is 0 Å². The summed E-state index contributed by atoms with van der Waals surface area (Å²) in [6.45, 7) is 4.83. The zero-order chi connectivity index (χ0) is 21.3. The zero-order valence-corrected chi connectivity index (χ0v) is 17.2. The number of likely N-dealkylation sites (tertiary alicyclic amines) is 1. The Morgan fingerprint density at radius 1 is 1.13 bits per heavy atom. The third-order valence-electron chi connectivity index (χ3n) is 5.20. The number of piperidine rings is 1. The summed E-state index contributed by atoms with van der Waals surface area (Å²) >= 11 is 0. The van der Waals surface area contributed by atoms with E-state index in [4.69, 9.17) is 14.2 Å². The lowest BCUT2D eigenvalue weighted by molar-refractivity contribution is 0.0486. The van der Waals surface area contributed by atoms with Crippen molar-refractivity contribution in [3.8, 4) is 11.5 Å². The average molecular weight is 409 g/mol. The molecule has 2 aromatic carbocycles. The van der Waals surface area contributed by atoms with Crippen molar-refractivity contribution >= 4 is 18.3 Å². The van der Waals surface area contributed by atoms with E-state index in [0.717, 1.165) is 30.6 Å². The Hall–Kier alpha value is -3.12. The van der Waals surface area contributed by atoms with E-state index in [-0.39, 0.29) is 24.3 Å². The predicted octanol–water partition coefficient (Wildman–Crippen LogP) is 4.20. The van der Waals surface area contributed by atoms with Gasteiger partial charge in [-0.3, -0.25) is 9.59 Å². The van der Waals surface area contributed by atoms with Gasteiger partial charge in [-0.1, -0.05) is 36.9 Å². The summed E-state index contributed by atoms with van der Waals surface area (Å²) in [6.07, 6.45) is 5.20. The van der Waals surface area contributed by atoms with Crippen LogP contribution in [0.3, 0.4) is 0 Å². The maximum atomic E-state index is 13.4. The van der Waals surface area contributed by atoms with Gasteiger partial charge in [0.2, 0.25) is 0 Å². The number of benzene rings is 2. The van der Waals surface area contributed by atoms with Gasteiger partial charge in [-0.05, 0) is 37.5 Å². The predicted molar refractivity (Wildman–Crippen MR) is 115 cm³/mol. The summed E-state index contributed by atoms with van der Waals surface area (Å²) in [5.74, 6) is 0.890. The summed E-state index contributed by atoms with van der Waals surface area (Å²) in [5.41, 5.74) is 1.48. The van der Waals surface area contributed by atoms with Gasteiger partial charge >= 0.3 is 0 Å². The van der Waals surface area contributed by atoms with Crippen molar-refractivity contribution in [1.82, 2.24) is 4.90 Å². The average Bonchev–Trinajstić information content (AvgIpc) is 2.80. The molecule has 2 aromatic rings. The van der Waals surface area contributed by atoms with E-state index in [1.165, 1.54) is 7.11 Å². The number of hydrogen-bond donors (Lipinski definition) is 0. The Morgan fingerprint density at radius 2 is 1.93 bits per heavy atom. The summed E-state index contributed by atoms with van der Waals surface area (Å²) < 4.78 is 16.4. The maximum Gasteiger partial charge on any atom is 0.255 e. The molecule has 1 saturated heterocycles. The Labute approximate surface area is 177 Å². The number of carbonyl (C=O) groups is 2. The van der Waals surface area contributed by atoms with Crippen LogP contribution in [0.2, 0.25) is 0 Å². The second kappa shape index (κ2) is 10.6. The van der Waals surface area contributed by atoms with E-state index < -0.39 is 0 Å². The molecule has 0 bridgehead atoms. The van der Waals surface area contributed by atoms with Crippen LogP contribution in [0.4, 0.5) is 0 Å². The lowest BCUT2D eigenvalue weighted by Crippen LogP contribution is -2.47. The van der Waals surface area contributed by atoms with Crippen molar-refractivity contribution in [3.63, 3.8) is 0 Å². The fourth-order valence-electron chi connectivity index (χ4n) is 3.66. The summed E-state index contributed by atoms with van der Waals surface area (Å²) in [4.78, 5) is 26.9. The smallest absolute Gasteiger partial charge is 0.255 e. The van der Waals surface area contributed by atoms with Gasteiger partial charge in [-0.25, -0.2) is 0 Å². The van der Waals surface area contributed by atoms with Gasteiger partial charge in [-0.15, -0.1) is 0 Å². The lowest BCUT2D eigenvalue weighted by Gasteiger charge is -2.36. The highest BCUT2D eigenvalue weighted by Crippen LogP contribution is 2.27. The number of ether oxygens (including phenoxy) is 3. The van der Waals surface area contributed by atoms with E-state index in [0.29, 0.717) is 30.8 Å². The van der Waals surface area contributed by atoms with Crippen LogP contribution in [0.1, 0.15) is 45.5 Å². The zero-order valence-electron chi connectivity index (χ0n) is 17.2. The van der Waals surface area contributed by atoms with E-state index in [1.54, 1.807) is 24.3 Å². The van der Waals surface area contributed by atoms with Gasteiger partial charge in [0, 0.05) is 19.2 Å². The van der Waals surface area contributed by atoms with Gasteiger partial charge < -0.3 is 19.1 Å². The third-order valence-corrected chi connectivity index (χ3v) is 5.20. The number of nitrogens with zero attached hydrogens (tertiary/aromatic N) is 1. The number of rotatable bonds is 9. The van der Waals surface area contributed by atoms with Gasteiger partial charge in [0.15, 0.2) is 13.1 Å². The topological polar surface area (TPSA) is 65.1 Å². The van der Waals surface area contributed by atoms with Crippen molar-refractivity contribution in [2.24, 2.45) is 0 Å². The molecule has 1 fully saturated rings. The second-order valence-electron chi connectivity index (χ2n) is 7.09. The van der Waals surface area contributed by atoms with Crippen LogP contribution in [-0.2, 0) is 4.74 Å². The summed E-state index contributed by atoms with van der Waals surface area (Å²) in [7, 11) is 1.50.